The molecule has 90 valence electrons. The number of rotatable bonds is 1. The predicted octanol–water partition coefficient (Wildman–Crippen LogP) is 2.59. The first-order chi connectivity index (χ1) is 6.64. The lowest BCUT2D eigenvalue weighted by Gasteiger charge is -2.52. The van der Waals surface area contributed by atoms with E-state index in [0.717, 1.165) is 0 Å². The fourth-order valence-electron chi connectivity index (χ4n) is 2.70. The minimum absolute atomic E-state index is 0.305. The largest absolute Gasteiger partial charge is 0.295 e. The van der Waals surface area contributed by atoms with Crippen LogP contribution in [0.3, 0.4) is 0 Å². The molecule has 2 nitrogen and oxygen atoms in total. The third-order valence-electron chi connectivity index (χ3n) is 3.54. The van der Waals surface area contributed by atoms with Gasteiger partial charge in [-0.15, -0.1) is 0 Å². The fraction of sp³-hybridized carbons (Fsp3) is 1.00. The third-order valence-corrected chi connectivity index (χ3v) is 3.54. The monoisotopic (exact) mass is 212 g/mol. The Morgan fingerprint density at radius 3 is 1.93 bits per heavy atom. The van der Waals surface area contributed by atoms with Crippen molar-refractivity contribution in [3.63, 3.8) is 0 Å². The van der Waals surface area contributed by atoms with E-state index in [9.17, 15) is 0 Å². The second-order valence-electron chi connectivity index (χ2n) is 6.69. The highest BCUT2D eigenvalue weighted by molar-refractivity contribution is 4.95. The van der Waals surface area contributed by atoms with E-state index < -0.39 is 0 Å². The van der Waals surface area contributed by atoms with E-state index in [0.29, 0.717) is 17.1 Å². The van der Waals surface area contributed by atoms with E-state index >= 15 is 0 Å². The summed E-state index contributed by atoms with van der Waals surface area (Å²) in [6.07, 6.45) is 0. The van der Waals surface area contributed by atoms with Gasteiger partial charge in [-0.2, -0.15) is 0 Å². The molecule has 1 aliphatic rings. The molecule has 0 aromatic heterocycles. The quantitative estimate of drug-likeness (QED) is 0.659. The van der Waals surface area contributed by atoms with Crippen LogP contribution in [0.1, 0.15) is 48.5 Å². The molecule has 2 heteroatoms. The zero-order valence-corrected chi connectivity index (χ0v) is 11.6. The first kappa shape index (κ1) is 13.0. The molecule has 1 fully saturated rings. The van der Waals surface area contributed by atoms with Gasteiger partial charge >= 0.3 is 0 Å². The number of nitrogens with zero attached hydrogens (tertiary/aromatic N) is 2. The Bertz CT molecular complexity index is 213. The lowest BCUT2D eigenvalue weighted by molar-refractivity contribution is -0.0352. The van der Waals surface area contributed by atoms with Crippen LogP contribution in [0.2, 0.25) is 0 Å². The Labute approximate surface area is 95.6 Å². The highest BCUT2D eigenvalue weighted by atomic mass is 15.3. The Morgan fingerprint density at radius 1 is 1.07 bits per heavy atom. The van der Waals surface area contributed by atoms with Gasteiger partial charge in [0.1, 0.15) is 0 Å². The summed E-state index contributed by atoms with van der Waals surface area (Å²) in [7, 11) is 0. The maximum atomic E-state index is 2.62. The molecule has 15 heavy (non-hydrogen) atoms. The first-order valence-corrected chi connectivity index (χ1v) is 6.16. The van der Waals surface area contributed by atoms with Crippen molar-refractivity contribution in [2.45, 2.75) is 65.6 Å². The van der Waals surface area contributed by atoms with Crippen LogP contribution in [0.25, 0.3) is 0 Å². The van der Waals surface area contributed by atoms with Crippen molar-refractivity contribution in [2.75, 3.05) is 19.6 Å². The summed E-state index contributed by atoms with van der Waals surface area (Å²) in [6, 6.07) is 0.655. The van der Waals surface area contributed by atoms with Gasteiger partial charge in [-0.25, -0.2) is 0 Å². The summed E-state index contributed by atoms with van der Waals surface area (Å²) in [5.41, 5.74) is 0.611. The average Bonchev–Trinajstić information content (AvgIpc) is 1.99. The standard InChI is InChI=1S/C13H28N2/c1-11(2)15-9-8-14(12(3,4)5)10-13(15,6)7/h11H,8-10H2,1-7H3. The summed E-state index contributed by atoms with van der Waals surface area (Å²) >= 11 is 0. The maximum Gasteiger partial charge on any atom is 0.0283 e. The van der Waals surface area contributed by atoms with Gasteiger partial charge in [-0.3, -0.25) is 9.80 Å². The van der Waals surface area contributed by atoms with E-state index in [1.165, 1.54) is 19.6 Å². The molecule has 0 aromatic carbocycles. The van der Waals surface area contributed by atoms with Crippen LogP contribution < -0.4 is 0 Å². The summed E-state index contributed by atoms with van der Waals surface area (Å²) in [6.45, 7) is 19.8. The smallest absolute Gasteiger partial charge is 0.0283 e. The molecule has 1 saturated heterocycles. The molecular weight excluding hydrogens is 184 g/mol. The molecule has 1 rings (SSSR count). The minimum Gasteiger partial charge on any atom is -0.295 e. The highest BCUT2D eigenvalue weighted by Gasteiger charge is 2.38. The van der Waals surface area contributed by atoms with Crippen molar-refractivity contribution in [3.05, 3.63) is 0 Å². The average molecular weight is 212 g/mol. The van der Waals surface area contributed by atoms with Gasteiger partial charge < -0.3 is 0 Å². The molecule has 0 atom stereocenters. The van der Waals surface area contributed by atoms with E-state index in [1.54, 1.807) is 0 Å². The summed E-state index contributed by atoms with van der Waals surface area (Å²) < 4.78 is 0. The van der Waals surface area contributed by atoms with Crippen LogP contribution in [0.5, 0.6) is 0 Å². The molecular formula is C13H28N2. The maximum absolute atomic E-state index is 2.62. The Morgan fingerprint density at radius 2 is 1.60 bits per heavy atom. The zero-order chi connectivity index (χ0) is 11.9. The Balaban J connectivity index is 2.73. The first-order valence-electron chi connectivity index (χ1n) is 6.16. The lowest BCUT2D eigenvalue weighted by Crippen LogP contribution is -2.64. The Hall–Kier alpha value is -0.0800. The van der Waals surface area contributed by atoms with E-state index in [1.807, 2.05) is 0 Å². The van der Waals surface area contributed by atoms with Crippen molar-refractivity contribution >= 4 is 0 Å². The van der Waals surface area contributed by atoms with Crippen molar-refractivity contribution < 1.29 is 0 Å². The molecule has 0 aromatic rings. The predicted molar refractivity (Wildman–Crippen MR) is 67.2 cm³/mol. The second-order valence-corrected chi connectivity index (χ2v) is 6.69. The minimum atomic E-state index is 0.305. The molecule has 0 amide bonds. The van der Waals surface area contributed by atoms with Gasteiger partial charge in [0.2, 0.25) is 0 Å². The molecule has 0 aliphatic carbocycles. The molecule has 1 aliphatic heterocycles. The van der Waals surface area contributed by atoms with E-state index in [-0.39, 0.29) is 0 Å². The number of hydrogen-bond donors (Lipinski definition) is 0. The third kappa shape index (κ3) is 2.94. The topological polar surface area (TPSA) is 6.48 Å². The van der Waals surface area contributed by atoms with Crippen LogP contribution in [-0.4, -0.2) is 46.6 Å². The molecule has 0 spiro atoms. The van der Waals surface area contributed by atoms with Crippen LogP contribution in [0, 0.1) is 0 Å². The zero-order valence-electron chi connectivity index (χ0n) is 11.6. The van der Waals surface area contributed by atoms with Gasteiger partial charge in [-0.05, 0) is 48.5 Å². The second kappa shape index (κ2) is 4.06. The lowest BCUT2D eigenvalue weighted by atomic mass is 9.93. The summed E-state index contributed by atoms with van der Waals surface area (Å²) in [5, 5.41) is 0. The summed E-state index contributed by atoms with van der Waals surface area (Å²) in [5.74, 6) is 0. The van der Waals surface area contributed by atoms with Crippen LogP contribution in [-0.2, 0) is 0 Å². The highest BCUT2D eigenvalue weighted by Crippen LogP contribution is 2.27. The van der Waals surface area contributed by atoms with Crippen molar-refractivity contribution in [1.29, 1.82) is 0 Å². The molecule has 0 bridgehead atoms. The SMILES string of the molecule is CC(C)N1CCN(C(C)(C)C)CC1(C)C. The van der Waals surface area contributed by atoms with E-state index in [2.05, 4.69) is 58.3 Å². The van der Waals surface area contributed by atoms with Crippen LogP contribution in [0.4, 0.5) is 0 Å². The number of hydrogen-bond acceptors (Lipinski definition) is 2. The van der Waals surface area contributed by atoms with E-state index in [4.69, 9.17) is 0 Å². The fourth-order valence-corrected chi connectivity index (χ4v) is 2.70. The molecule has 0 radical (unpaired) electrons. The Kier molecular flexibility index (Phi) is 3.52. The van der Waals surface area contributed by atoms with Gasteiger partial charge in [0.05, 0.1) is 0 Å². The van der Waals surface area contributed by atoms with Gasteiger partial charge in [0.25, 0.3) is 0 Å². The molecule has 0 saturated carbocycles. The van der Waals surface area contributed by atoms with Crippen molar-refractivity contribution in [2.24, 2.45) is 0 Å². The van der Waals surface area contributed by atoms with Crippen LogP contribution >= 0.6 is 0 Å². The normalized spacial score (nSPS) is 24.8. The molecule has 1 heterocycles. The van der Waals surface area contributed by atoms with Crippen molar-refractivity contribution in [3.8, 4) is 0 Å². The van der Waals surface area contributed by atoms with Gasteiger partial charge in [0.15, 0.2) is 0 Å². The molecule has 0 unspecified atom stereocenters. The summed E-state index contributed by atoms with van der Waals surface area (Å²) in [4.78, 5) is 5.22. The van der Waals surface area contributed by atoms with Gasteiger partial charge in [0, 0.05) is 36.8 Å². The number of piperazine rings is 1. The van der Waals surface area contributed by atoms with Crippen molar-refractivity contribution in [1.82, 2.24) is 9.80 Å². The van der Waals surface area contributed by atoms with Gasteiger partial charge in [-0.1, -0.05) is 0 Å². The molecule has 0 N–H and O–H groups in total. The van der Waals surface area contributed by atoms with Crippen LogP contribution in [0.15, 0.2) is 0 Å².